The molecule has 0 aromatic rings. The van der Waals surface area contributed by atoms with Gasteiger partial charge in [-0.15, -0.1) is 0 Å². The van der Waals surface area contributed by atoms with Crippen molar-refractivity contribution >= 4 is 12.0 Å². The average molecular weight is 286 g/mol. The number of carboxylic acids is 1. The number of piperidine rings is 1. The summed E-state index contributed by atoms with van der Waals surface area (Å²) >= 11 is 0. The molecule has 0 aliphatic carbocycles. The number of hydrogen-bond acceptors (Lipinski definition) is 3. The zero-order chi connectivity index (χ0) is 15.0. The largest absolute Gasteiger partial charge is 0.481 e. The van der Waals surface area contributed by atoms with Gasteiger partial charge in [-0.3, -0.25) is 4.79 Å². The van der Waals surface area contributed by atoms with Crippen molar-refractivity contribution in [1.82, 2.24) is 9.80 Å². The van der Waals surface area contributed by atoms with Gasteiger partial charge >= 0.3 is 12.0 Å². The van der Waals surface area contributed by atoms with E-state index in [1.807, 2.05) is 4.90 Å². The number of likely N-dealkylation sites (tertiary alicyclic amines) is 1. The maximum absolute atomic E-state index is 12.2. The highest BCUT2D eigenvalue weighted by atomic mass is 16.4. The van der Waals surface area contributed by atoms with E-state index in [-0.39, 0.29) is 25.0 Å². The molecule has 0 spiro atoms. The molecule has 116 valence electrons. The van der Waals surface area contributed by atoms with Gasteiger partial charge < -0.3 is 20.0 Å². The first-order chi connectivity index (χ1) is 9.54. The third-order valence-electron chi connectivity index (χ3n) is 3.83. The molecule has 0 saturated carbocycles. The lowest BCUT2D eigenvalue weighted by atomic mass is 9.94. The Labute approximate surface area is 120 Å². The van der Waals surface area contributed by atoms with Gasteiger partial charge in [0.15, 0.2) is 0 Å². The fourth-order valence-electron chi connectivity index (χ4n) is 2.55. The maximum atomic E-state index is 12.2. The summed E-state index contributed by atoms with van der Waals surface area (Å²) in [5.41, 5.74) is 0. The summed E-state index contributed by atoms with van der Waals surface area (Å²) < 4.78 is 0. The number of carboxylic acid groups (broad SMARTS) is 1. The molecule has 1 fully saturated rings. The van der Waals surface area contributed by atoms with Gasteiger partial charge in [0.2, 0.25) is 0 Å². The molecule has 6 nitrogen and oxygen atoms in total. The number of carbonyl (C=O) groups excluding carboxylic acids is 1. The number of unbranched alkanes of at least 4 members (excludes halogenated alkanes) is 2. The Morgan fingerprint density at radius 1 is 1.20 bits per heavy atom. The van der Waals surface area contributed by atoms with Crippen LogP contribution in [0.2, 0.25) is 0 Å². The highest BCUT2D eigenvalue weighted by Crippen LogP contribution is 2.21. The third-order valence-corrected chi connectivity index (χ3v) is 3.83. The summed E-state index contributed by atoms with van der Waals surface area (Å²) in [7, 11) is 1.80. The van der Waals surface area contributed by atoms with Gasteiger partial charge in [-0.1, -0.05) is 0 Å². The van der Waals surface area contributed by atoms with Gasteiger partial charge in [0, 0.05) is 39.7 Å². The van der Waals surface area contributed by atoms with E-state index in [0.29, 0.717) is 19.6 Å². The number of hydrogen-bond donors (Lipinski definition) is 2. The monoisotopic (exact) mass is 286 g/mol. The lowest BCUT2D eigenvalue weighted by Crippen LogP contribution is -2.45. The van der Waals surface area contributed by atoms with Crippen LogP contribution >= 0.6 is 0 Å². The Balaban J connectivity index is 2.25. The molecule has 1 aliphatic heterocycles. The summed E-state index contributed by atoms with van der Waals surface area (Å²) in [6.07, 6.45) is 4.36. The van der Waals surface area contributed by atoms with Crippen molar-refractivity contribution in [3.05, 3.63) is 0 Å². The molecule has 6 heteroatoms. The molecule has 0 bridgehead atoms. The molecule has 1 aliphatic rings. The lowest BCUT2D eigenvalue weighted by Gasteiger charge is -2.34. The molecule has 1 heterocycles. The molecule has 0 atom stereocenters. The lowest BCUT2D eigenvalue weighted by molar-refractivity contribution is -0.138. The van der Waals surface area contributed by atoms with E-state index in [0.717, 1.165) is 32.1 Å². The maximum Gasteiger partial charge on any atom is 0.319 e. The average Bonchev–Trinajstić information content (AvgIpc) is 2.43. The molecule has 0 radical (unpaired) electrons. The summed E-state index contributed by atoms with van der Waals surface area (Å²) in [4.78, 5) is 26.4. The number of urea groups is 1. The number of aliphatic carboxylic acids is 1. The smallest absolute Gasteiger partial charge is 0.319 e. The molecule has 0 unspecified atom stereocenters. The number of nitrogens with zero attached hydrogens (tertiary/aromatic N) is 2. The number of aliphatic hydroxyl groups is 1. The fourth-order valence-corrected chi connectivity index (χ4v) is 2.55. The molecule has 0 aromatic carbocycles. The molecule has 2 N–H and O–H groups in total. The van der Waals surface area contributed by atoms with Crippen LogP contribution in [0.25, 0.3) is 0 Å². The van der Waals surface area contributed by atoms with E-state index in [4.69, 9.17) is 10.2 Å². The minimum Gasteiger partial charge on any atom is -0.481 e. The van der Waals surface area contributed by atoms with Crippen molar-refractivity contribution < 1.29 is 19.8 Å². The van der Waals surface area contributed by atoms with Gasteiger partial charge in [-0.05, 0) is 38.0 Å². The van der Waals surface area contributed by atoms with Gasteiger partial charge in [0.1, 0.15) is 0 Å². The first kappa shape index (κ1) is 16.8. The number of aliphatic hydroxyl groups excluding tert-OH is 1. The van der Waals surface area contributed by atoms with Crippen LogP contribution in [0.15, 0.2) is 0 Å². The van der Waals surface area contributed by atoms with Crippen molar-refractivity contribution in [1.29, 1.82) is 0 Å². The summed E-state index contributed by atoms with van der Waals surface area (Å²) in [6, 6.07) is 0.0303. The summed E-state index contributed by atoms with van der Waals surface area (Å²) in [6.45, 7) is 2.21. The Kier molecular flexibility index (Phi) is 7.36. The van der Waals surface area contributed by atoms with Crippen LogP contribution in [0.1, 0.15) is 38.5 Å². The second-order valence-corrected chi connectivity index (χ2v) is 5.52. The quantitative estimate of drug-likeness (QED) is 0.693. The second kappa shape index (κ2) is 8.79. The van der Waals surface area contributed by atoms with E-state index < -0.39 is 5.97 Å². The molecule has 20 heavy (non-hydrogen) atoms. The third kappa shape index (κ3) is 5.77. The predicted molar refractivity (Wildman–Crippen MR) is 75.5 cm³/mol. The van der Waals surface area contributed by atoms with Crippen molar-refractivity contribution in [3.8, 4) is 0 Å². The van der Waals surface area contributed by atoms with Gasteiger partial charge in [-0.25, -0.2) is 4.79 Å². The van der Waals surface area contributed by atoms with Crippen LogP contribution in [0, 0.1) is 5.92 Å². The predicted octanol–water partition coefficient (Wildman–Crippen LogP) is 1.39. The van der Waals surface area contributed by atoms with Crippen LogP contribution in [0.3, 0.4) is 0 Å². The van der Waals surface area contributed by atoms with Crippen molar-refractivity contribution in [3.63, 3.8) is 0 Å². The molecule has 2 amide bonds. The fraction of sp³-hybridized carbons (Fsp3) is 0.857. The molecular weight excluding hydrogens is 260 g/mol. The van der Waals surface area contributed by atoms with E-state index in [2.05, 4.69) is 0 Å². The molecule has 0 aromatic heterocycles. The Morgan fingerprint density at radius 2 is 1.85 bits per heavy atom. The highest BCUT2D eigenvalue weighted by Gasteiger charge is 2.25. The van der Waals surface area contributed by atoms with Crippen molar-refractivity contribution in [2.24, 2.45) is 5.92 Å². The molecule has 1 saturated heterocycles. The van der Waals surface area contributed by atoms with Gasteiger partial charge in [-0.2, -0.15) is 0 Å². The minimum absolute atomic E-state index is 0.0303. The van der Waals surface area contributed by atoms with Crippen molar-refractivity contribution in [2.75, 3.05) is 33.3 Å². The second-order valence-electron chi connectivity index (χ2n) is 5.52. The Hall–Kier alpha value is -1.30. The number of amides is 2. The number of carbonyl (C=O) groups is 2. The van der Waals surface area contributed by atoms with Gasteiger partial charge in [0.05, 0.1) is 0 Å². The Morgan fingerprint density at radius 3 is 2.40 bits per heavy atom. The topological polar surface area (TPSA) is 81.1 Å². The number of rotatable bonds is 7. The zero-order valence-electron chi connectivity index (χ0n) is 12.3. The van der Waals surface area contributed by atoms with Crippen LogP contribution < -0.4 is 0 Å². The van der Waals surface area contributed by atoms with Crippen LogP contribution in [-0.2, 0) is 4.79 Å². The molecular formula is C14H26N2O4. The zero-order valence-corrected chi connectivity index (χ0v) is 12.3. The highest BCUT2D eigenvalue weighted by molar-refractivity contribution is 5.74. The van der Waals surface area contributed by atoms with Crippen LogP contribution in [-0.4, -0.2) is 65.3 Å². The summed E-state index contributed by atoms with van der Waals surface area (Å²) in [5, 5.41) is 17.5. The first-order valence-corrected chi connectivity index (χ1v) is 7.37. The van der Waals surface area contributed by atoms with Gasteiger partial charge in [0.25, 0.3) is 0 Å². The Bertz CT molecular complexity index is 314. The first-order valence-electron chi connectivity index (χ1n) is 7.37. The normalized spacial score (nSPS) is 16.2. The van der Waals surface area contributed by atoms with Crippen LogP contribution in [0.5, 0.6) is 0 Å². The van der Waals surface area contributed by atoms with E-state index in [9.17, 15) is 9.59 Å². The standard InChI is InChI=1S/C14H26N2O4/c1-15(7-3-2-4-10-17)14(20)16-8-5-12(6-9-16)11-13(18)19/h12,17H,2-11H2,1H3,(H,18,19). The van der Waals surface area contributed by atoms with E-state index in [1.54, 1.807) is 11.9 Å². The van der Waals surface area contributed by atoms with E-state index in [1.165, 1.54) is 0 Å². The van der Waals surface area contributed by atoms with Crippen LogP contribution in [0.4, 0.5) is 4.79 Å². The SMILES string of the molecule is CN(CCCCCO)C(=O)N1CCC(CC(=O)O)CC1. The van der Waals surface area contributed by atoms with Crippen molar-refractivity contribution in [2.45, 2.75) is 38.5 Å². The molecule has 1 rings (SSSR count). The minimum atomic E-state index is -0.754. The summed E-state index contributed by atoms with van der Waals surface area (Å²) in [5.74, 6) is -0.554. The van der Waals surface area contributed by atoms with E-state index >= 15 is 0 Å².